The van der Waals surface area contributed by atoms with Crippen LogP contribution in [0.15, 0.2) is 4.52 Å². The number of thioether (sulfide) groups is 1. The second-order valence-electron chi connectivity index (χ2n) is 4.81. The van der Waals surface area contributed by atoms with Crippen molar-refractivity contribution in [2.75, 3.05) is 25.5 Å². The molecule has 1 aliphatic rings. The fraction of sp³-hybridized carbons (Fsp3) is 0.846. The summed E-state index contributed by atoms with van der Waals surface area (Å²) in [6, 6.07) is 0.302. The Bertz CT molecular complexity index is 373. The first kappa shape index (κ1) is 14.8. The molecule has 1 saturated heterocycles. The van der Waals surface area contributed by atoms with Gasteiger partial charge < -0.3 is 14.6 Å². The molecule has 1 aliphatic heterocycles. The van der Waals surface area contributed by atoms with Crippen LogP contribution < -0.4 is 5.32 Å². The molecule has 0 aromatic carbocycles. The molecular formula is C13H23N3O2S. The summed E-state index contributed by atoms with van der Waals surface area (Å²) in [5, 5.41) is 7.54. The molecule has 2 rings (SSSR count). The highest BCUT2D eigenvalue weighted by Gasteiger charge is 2.33. The Morgan fingerprint density at radius 2 is 2.21 bits per heavy atom. The van der Waals surface area contributed by atoms with Crippen LogP contribution in [-0.2, 0) is 10.5 Å². The lowest BCUT2D eigenvalue weighted by atomic mass is 10.0. The Morgan fingerprint density at radius 1 is 1.32 bits per heavy atom. The molecule has 0 spiro atoms. The molecule has 1 aromatic heterocycles. The topological polar surface area (TPSA) is 60.2 Å². The van der Waals surface area contributed by atoms with Gasteiger partial charge in [0.1, 0.15) is 0 Å². The van der Waals surface area contributed by atoms with E-state index in [-0.39, 0.29) is 5.92 Å². The van der Waals surface area contributed by atoms with E-state index in [0.29, 0.717) is 12.6 Å². The largest absolute Gasteiger partial charge is 0.379 e. The van der Waals surface area contributed by atoms with Crippen molar-refractivity contribution in [1.29, 1.82) is 0 Å². The summed E-state index contributed by atoms with van der Waals surface area (Å²) in [5.74, 6) is 3.69. The van der Waals surface area contributed by atoms with Crippen LogP contribution in [-0.4, -0.2) is 41.7 Å². The summed E-state index contributed by atoms with van der Waals surface area (Å²) in [7, 11) is 0. The summed E-state index contributed by atoms with van der Waals surface area (Å²) < 4.78 is 10.9. The maximum Gasteiger partial charge on any atom is 0.233 e. The molecule has 0 aliphatic carbocycles. The van der Waals surface area contributed by atoms with E-state index in [1.807, 2.05) is 11.8 Å². The predicted molar refractivity (Wildman–Crippen MR) is 76.4 cm³/mol. The Labute approximate surface area is 118 Å². The lowest BCUT2D eigenvalue weighted by molar-refractivity contribution is 0.184. The number of hydrogen-bond donors (Lipinski definition) is 1. The van der Waals surface area contributed by atoms with Crippen LogP contribution in [0.3, 0.4) is 0 Å². The molecule has 2 atom stereocenters. The summed E-state index contributed by atoms with van der Waals surface area (Å²) >= 11 is 1.85. The van der Waals surface area contributed by atoms with Crippen LogP contribution >= 0.6 is 11.8 Å². The molecule has 19 heavy (non-hydrogen) atoms. The molecule has 2 heterocycles. The molecule has 0 amide bonds. The Kier molecular flexibility index (Phi) is 6.13. The van der Waals surface area contributed by atoms with Crippen molar-refractivity contribution < 1.29 is 9.26 Å². The van der Waals surface area contributed by atoms with Gasteiger partial charge in [-0.1, -0.05) is 19.0 Å². The minimum absolute atomic E-state index is 0.198. The molecule has 1 fully saturated rings. The minimum atomic E-state index is 0.198. The first-order chi connectivity index (χ1) is 9.35. The van der Waals surface area contributed by atoms with Crippen molar-refractivity contribution in [3.05, 3.63) is 11.7 Å². The number of aromatic nitrogens is 2. The van der Waals surface area contributed by atoms with E-state index in [1.54, 1.807) is 0 Å². The molecule has 0 bridgehead atoms. The van der Waals surface area contributed by atoms with E-state index >= 15 is 0 Å². The number of rotatable bonds is 8. The maximum absolute atomic E-state index is 5.53. The number of hydrogen-bond acceptors (Lipinski definition) is 6. The Morgan fingerprint density at radius 3 is 3.00 bits per heavy atom. The standard InChI is InChI=1S/C13H23N3O2S/c1-3-5-14-11-8-17-7-10(11)13-15-12(16-18-13)9-19-6-4-2/h10-11,14H,3-9H2,1-2H3. The number of nitrogens with zero attached hydrogens (tertiary/aromatic N) is 2. The highest BCUT2D eigenvalue weighted by molar-refractivity contribution is 7.98. The van der Waals surface area contributed by atoms with Crippen LogP contribution in [0, 0.1) is 0 Å². The van der Waals surface area contributed by atoms with Gasteiger partial charge in [-0.25, -0.2) is 0 Å². The van der Waals surface area contributed by atoms with Gasteiger partial charge in [0, 0.05) is 6.04 Å². The highest BCUT2D eigenvalue weighted by atomic mass is 32.2. The third kappa shape index (κ3) is 4.19. The van der Waals surface area contributed by atoms with E-state index in [9.17, 15) is 0 Å². The fourth-order valence-corrected chi connectivity index (χ4v) is 2.85. The lowest BCUT2D eigenvalue weighted by Gasteiger charge is -2.14. The monoisotopic (exact) mass is 285 g/mol. The third-order valence-corrected chi connectivity index (χ3v) is 4.28. The van der Waals surface area contributed by atoms with Gasteiger partial charge in [-0.2, -0.15) is 16.7 Å². The van der Waals surface area contributed by atoms with Gasteiger partial charge in [0.2, 0.25) is 5.89 Å². The van der Waals surface area contributed by atoms with Gasteiger partial charge in [0.15, 0.2) is 5.82 Å². The van der Waals surface area contributed by atoms with Crippen LogP contribution in [0.25, 0.3) is 0 Å². The van der Waals surface area contributed by atoms with Crippen molar-refractivity contribution in [2.24, 2.45) is 0 Å². The molecule has 2 unspecified atom stereocenters. The molecule has 0 radical (unpaired) electrons. The van der Waals surface area contributed by atoms with E-state index in [4.69, 9.17) is 9.26 Å². The molecule has 1 aromatic rings. The summed E-state index contributed by atoms with van der Waals surface area (Å²) in [5.41, 5.74) is 0. The predicted octanol–water partition coefficient (Wildman–Crippen LogP) is 2.19. The summed E-state index contributed by atoms with van der Waals surface area (Å²) in [6.07, 6.45) is 2.29. The minimum Gasteiger partial charge on any atom is -0.379 e. The SMILES string of the molecule is CCCNC1COCC1c1nc(CSCCC)no1. The zero-order valence-electron chi connectivity index (χ0n) is 11.7. The third-order valence-electron chi connectivity index (χ3n) is 3.12. The maximum atomic E-state index is 5.53. The molecular weight excluding hydrogens is 262 g/mol. The first-order valence-electron chi connectivity index (χ1n) is 7.06. The normalized spacial score (nSPS) is 23.1. The van der Waals surface area contributed by atoms with Gasteiger partial charge >= 0.3 is 0 Å². The zero-order chi connectivity index (χ0) is 13.5. The van der Waals surface area contributed by atoms with Crippen molar-refractivity contribution in [1.82, 2.24) is 15.5 Å². The van der Waals surface area contributed by atoms with Gasteiger partial charge in [-0.05, 0) is 25.1 Å². The van der Waals surface area contributed by atoms with Gasteiger partial charge in [0.25, 0.3) is 0 Å². The van der Waals surface area contributed by atoms with E-state index < -0.39 is 0 Å². The fourth-order valence-electron chi connectivity index (χ4n) is 2.11. The second-order valence-corrected chi connectivity index (χ2v) is 5.91. The molecule has 1 N–H and O–H groups in total. The van der Waals surface area contributed by atoms with Gasteiger partial charge in [-0.3, -0.25) is 0 Å². The Balaban J connectivity index is 1.89. The average Bonchev–Trinajstić information content (AvgIpc) is 3.05. The van der Waals surface area contributed by atoms with Crippen molar-refractivity contribution in [2.45, 2.75) is 44.4 Å². The molecule has 5 nitrogen and oxygen atoms in total. The van der Waals surface area contributed by atoms with Crippen molar-refractivity contribution in [3.63, 3.8) is 0 Å². The smallest absolute Gasteiger partial charge is 0.233 e. The van der Waals surface area contributed by atoms with Crippen LogP contribution in [0.2, 0.25) is 0 Å². The highest BCUT2D eigenvalue weighted by Crippen LogP contribution is 2.25. The zero-order valence-corrected chi connectivity index (χ0v) is 12.5. The first-order valence-corrected chi connectivity index (χ1v) is 8.22. The van der Waals surface area contributed by atoms with E-state index in [2.05, 4.69) is 29.3 Å². The van der Waals surface area contributed by atoms with Crippen molar-refractivity contribution in [3.8, 4) is 0 Å². The lowest BCUT2D eigenvalue weighted by Crippen LogP contribution is -2.35. The average molecular weight is 285 g/mol. The molecule has 6 heteroatoms. The molecule has 108 valence electrons. The quantitative estimate of drug-likeness (QED) is 0.739. The molecule has 0 saturated carbocycles. The van der Waals surface area contributed by atoms with Gasteiger partial charge in [-0.15, -0.1) is 0 Å². The summed E-state index contributed by atoms with van der Waals surface area (Å²) in [4.78, 5) is 4.50. The second kappa shape index (κ2) is 7.87. The number of nitrogens with one attached hydrogen (secondary N) is 1. The van der Waals surface area contributed by atoms with Crippen LogP contribution in [0.1, 0.15) is 44.3 Å². The van der Waals surface area contributed by atoms with Crippen LogP contribution in [0.4, 0.5) is 0 Å². The van der Waals surface area contributed by atoms with Crippen LogP contribution in [0.5, 0.6) is 0 Å². The van der Waals surface area contributed by atoms with E-state index in [1.165, 1.54) is 6.42 Å². The van der Waals surface area contributed by atoms with Gasteiger partial charge in [0.05, 0.1) is 24.9 Å². The van der Waals surface area contributed by atoms with Crippen molar-refractivity contribution >= 4 is 11.8 Å². The Hall–Kier alpha value is -0.590. The number of ether oxygens (including phenoxy) is 1. The summed E-state index contributed by atoms with van der Waals surface area (Å²) in [6.45, 7) is 6.73. The van der Waals surface area contributed by atoms with E-state index in [0.717, 1.165) is 42.8 Å².